The van der Waals surface area contributed by atoms with Crippen LogP contribution >= 0.6 is 24.0 Å². The van der Waals surface area contributed by atoms with E-state index < -0.39 is 0 Å². The maximum Gasteiger partial charge on any atom is 0.234 e. The van der Waals surface area contributed by atoms with Crippen molar-refractivity contribution < 1.29 is 4.79 Å². The minimum absolute atomic E-state index is 0.117. The van der Waals surface area contributed by atoms with Gasteiger partial charge in [0, 0.05) is 19.8 Å². The van der Waals surface area contributed by atoms with Gasteiger partial charge in [-0.25, -0.2) is 0 Å². The molecule has 0 spiro atoms. The Morgan fingerprint density at radius 3 is 2.56 bits per heavy atom. The average molecular weight is 279 g/mol. The monoisotopic (exact) mass is 279 g/mol. The SMILES string of the molecule is CN(C)C(=S)SCC(=O)Nc1ccc(C#N)cc1. The number of hydrogen-bond donors (Lipinski definition) is 1. The minimum Gasteiger partial charge on any atom is -0.364 e. The van der Waals surface area contributed by atoms with Gasteiger partial charge in [0.05, 0.1) is 17.4 Å². The number of thioether (sulfide) groups is 1. The van der Waals surface area contributed by atoms with Crippen molar-refractivity contribution in [1.29, 1.82) is 5.26 Å². The number of rotatable bonds is 3. The summed E-state index contributed by atoms with van der Waals surface area (Å²) in [4.78, 5) is 13.4. The molecule has 0 bridgehead atoms. The van der Waals surface area contributed by atoms with Crippen LogP contribution in [-0.2, 0) is 4.79 Å². The predicted octanol–water partition coefficient (Wildman–Crippen LogP) is 2.08. The second-order valence-electron chi connectivity index (χ2n) is 3.69. The molecule has 4 nitrogen and oxygen atoms in total. The summed E-state index contributed by atoms with van der Waals surface area (Å²) in [5.41, 5.74) is 1.24. The Kier molecular flexibility index (Phi) is 5.62. The number of carbonyl (C=O) groups excluding carboxylic acids is 1. The number of thiocarbonyl (C=S) groups is 1. The number of amides is 1. The summed E-state index contributed by atoms with van der Waals surface area (Å²) >= 11 is 6.38. The minimum atomic E-state index is -0.117. The first-order valence-corrected chi connectivity index (χ1v) is 6.56. The standard InChI is InChI=1S/C12H13N3OS2/c1-15(2)12(17)18-8-11(16)14-10-5-3-9(7-13)4-6-10/h3-6H,8H2,1-2H3,(H,14,16). The van der Waals surface area contributed by atoms with Gasteiger partial charge in [0.15, 0.2) is 0 Å². The number of carbonyl (C=O) groups is 1. The molecule has 0 fully saturated rings. The number of nitriles is 1. The van der Waals surface area contributed by atoms with E-state index in [-0.39, 0.29) is 11.7 Å². The van der Waals surface area contributed by atoms with Gasteiger partial charge in [-0.05, 0) is 24.3 Å². The topological polar surface area (TPSA) is 56.1 Å². The molecule has 0 atom stereocenters. The maximum absolute atomic E-state index is 11.6. The Bertz CT molecular complexity index is 477. The van der Waals surface area contributed by atoms with E-state index >= 15 is 0 Å². The van der Waals surface area contributed by atoms with Gasteiger partial charge in [-0.3, -0.25) is 4.79 Å². The van der Waals surface area contributed by atoms with Crippen LogP contribution in [0.5, 0.6) is 0 Å². The highest BCUT2D eigenvalue weighted by molar-refractivity contribution is 8.23. The van der Waals surface area contributed by atoms with E-state index in [4.69, 9.17) is 17.5 Å². The third-order valence-corrected chi connectivity index (χ3v) is 3.73. The number of anilines is 1. The summed E-state index contributed by atoms with van der Waals surface area (Å²) in [6.45, 7) is 0. The van der Waals surface area contributed by atoms with Crippen LogP contribution in [0, 0.1) is 11.3 Å². The maximum atomic E-state index is 11.6. The van der Waals surface area contributed by atoms with Crippen LogP contribution in [0.15, 0.2) is 24.3 Å². The molecule has 1 aromatic rings. The second kappa shape index (κ2) is 6.99. The van der Waals surface area contributed by atoms with Crippen molar-refractivity contribution in [2.24, 2.45) is 0 Å². The summed E-state index contributed by atoms with van der Waals surface area (Å²) in [6.07, 6.45) is 0. The summed E-state index contributed by atoms with van der Waals surface area (Å²) in [7, 11) is 3.68. The van der Waals surface area contributed by atoms with Gasteiger partial charge >= 0.3 is 0 Å². The van der Waals surface area contributed by atoms with E-state index in [0.717, 1.165) is 0 Å². The molecule has 0 aliphatic carbocycles. The molecule has 0 aliphatic heterocycles. The van der Waals surface area contributed by atoms with E-state index in [9.17, 15) is 4.79 Å². The Morgan fingerprint density at radius 1 is 1.44 bits per heavy atom. The van der Waals surface area contributed by atoms with Crippen molar-refractivity contribution in [3.63, 3.8) is 0 Å². The molecular formula is C12H13N3OS2. The van der Waals surface area contributed by atoms with Crippen LogP contribution in [0.25, 0.3) is 0 Å². The van der Waals surface area contributed by atoms with E-state index in [0.29, 0.717) is 15.6 Å². The highest BCUT2D eigenvalue weighted by Gasteiger charge is 2.06. The van der Waals surface area contributed by atoms with Gasteiger partial charge in [-0.2, -0.15) is 5.26 Å². The number of nitrogens with one attached hydrogen (secondary N) is 1. The number of benzene rings is 1. The third-order valence-electron chi connectivity index (χ3n) is 1.99. The predicted molar refractivity (Wildman–Crippen MR) is 78.5 cm³/mol. The van der Waals surface area contributed by atoms with Crippen molar-refractivity contribution in [3.8, 4) is 6.07 Å². The van der Waals surface area contributed by atoms with Crippen LogP contribution in [0.4, 0.5) is 5.69 Å². The van der Waals surface area contributed by atoms with Crippen molar-refractivity contribution in [1.82, 2.24) is 4.90 Å². The fourth-order valence-corrected chi connectivity index (χ4v) is 1.84. The molecule has 6 heteroatoms. The Labute approximate surface area is 116 Å². The Morgan fingerprint density at radius 2 is 2.06 bits per heavy atom. The molecule has 0 aliphatic rings. The zero-order chi connectivity index (χ0) is 13.5. The van der Waals surface area contributed by atoms with Crippen molar-refractivity contribution in [2.45, 2.75) is 0 Å². The summed E-state index contributed by atoms with van der Waals surface area (Å²) in [5.74, 6) is 0.158. The van der Waals surface area contributed by atoms with Crippen LogP contribution < -0.4 is 5.32 Å². The molecular weight excluding hydrogens is 266 g/mol. The molecule has 1 N–H and O–H groups in total. The van der Waals surface area contributed by atoms with Crippen LogP contribution in [-0.4, -0.2) is 35.0 Å². The number of hydrogen-bond acceptors (Lipinski definition) is 4. The molecule has 1 aromatic carbocycles. The van der Waals surface area contributed by atoms with Gasteiger partial charge in [0.1, 0.15) is 4.32 Å². The van der Waals surface area contributed by atoms with Crippen LogP contribution in [0.3, 0.4) is 0 Å². The highest BCUT2D eigenvalue weighted by Crippen LogP contribution is 2.11. The van der Waals surface area contributed by atoms with Crippen LogP contribution in [0.1, 0.15) is 5.56 Å². The normalized spacial score (nSPS) is 9.39. The molecule has 0 radical (unpaired) electrons. The van der Waals surface area contributed by atoms with E-state index in [2.05, 4.69) is 5.32 Å². The molecule has 0 saturated heterocycles. The zero-order valence-electron chi connectivity index (χ0n) is 10.1. The molecule has 0 saturated carbocycles. The van der Waals surface area contributed by atoms with Crippen molar-refractivity contribution >= 4 is 39.9 Å². The Hall–Kier alpha value is -1.58. The fourth-order valence-electron chi connectivity index (χ4n) is 1.08. The molecule has 94 valence electrons. The fraction of sp³-hybridized carbons (Fsp3) is 0.250. The summed E-state index contributed by atoms with van der Waals surface area (Å²) in [6, 6.07) is 8.74. The van der Waals surface area contributed by atoms with Gasteiger partial charge in [-0.15, -0.1) is 0 Å². The molecule has 0 unspecified atom stereocenters. The van der Waals surface area contributed by atoms with Crippen molar-refractivity contribution in [2.75, 3.05) is 25.2 Å². The zero-order valence-corrected chi connectivity index (χ0v) is 11.8. The van der Waals surface area contributed by atoms with Gasteiger partial charge in [0.25, 0.3) is 0 Å². The first kappa shape index (κ1) is 14.5. The summed E-state index contributed by atoms with van der Waals surface area (Å²) in [5, 5.41) is 11.4. The van der Waals surface area contributed by atoms with Crippen LogP contribution in [0.2, 0.25) is 0 Å². The molecule has 0 aromatic heterocycles. The molecule has 1 rings (SSSR count). The molecule has 18 heavy (non-hydrogen) atoms. The second-order valence-corrected chi connectivity index (χ2v) is 5.30. The van der Waals surface area contributed by atoms with E-state index in [1.807, 2.05) is 20.2 Å². The smallest absolute Gasteiger partial charge is 0.234 e. The average Bonchev–Trinajstić information content (AvgIpc) is 2.36. The first-order valence-electron chi connectivity index (χ1n) is 5.17. The van der Waals surface area contributed by atoms with E-state index in [1.165, 1.54) is 11.8 Å². The first-order chi connectivity index (χ1) is 8.52. The Balaban J connectivity index is 2.45. The molecule has 0 heterocycles. The lowest BCUT2D eigenvalue weighted by atomic mass is 10.2. The summed E-state index contributed by atoms with van der Waals surface area (Å²) < 4.78 is 0.671. The van der Waals surface area contributed by atoms with Gasteiger partial charge in [-0.1, -0.05) is 24.0 Å². The van der Waals surface area contributed by atoms with E-state index in [1.54, 1.807) is 29.2 Å². The highest BCUT2D eigenvalue weighted by atomic mass is 32.2. The third kappa shape index (κ3) is 4.73. The number of nitrogens with zero attached hydrogens (tertiary/aromatic N) is 2. The largest absolute Gasteiger partial charge is 0.364 e. The van der Waals surface area contributed by atoms with Gasteiger partial charge in [0.2, 0.25) is 5.91 Å². The van der Waals surface area contributed by atoms with Crippen molar-refractivity contribution in [3.05, 3.63) is 29.8 Å². The lowest BCUT2D eigenvalue weighted by Crippen LogP contribution is -2.20. The lowest BCUT2D eigenvalue weighted by Gasteiger charge is -2.12. The molecule has 1 amide bonds. The quantitative estimate of drug-likeness (QED) is 0.859. The van der Waals surface area contributed by atoms with Gasteiger partial charge < -0.3 is 10.2 Å². The lowest BCUT2D eigenvalue weighted by molar-refractivity contribution is -0.113.